The minimum atomic E-state index is -0.402. The van der Waals surface area contributed by atoms with E-state index in [1.54, 1.807) is 13.2 Å². The number of fused-ring (bicyclic) bond motifs is 2. The van der Waals surface area contributed by atoms with Crippen molar-refractivity contribution in [1.82, 2.24) is 19.8 Å². The van der Waals surface area contributed by atoms with Crippen LogP contribution in [0.1, 0.15) is 58.4 Å². The van der Waals surface area contributed by atoms with Crippen molar-refractivity contribution < 1.29 is 19.1 Å². The minimum Gasteiger partial charge on any atom is -0.385 e. The van der Waals surface area contributed by atoms with Gasteiger partial charge in [0.05, 0.1) is 11.6 Å². The summed E-state index contributed by atoms with van der Waals surface area (Å²) in [7, 11) is 1.63. The van der Waals surface area contributed by atoms with Gasteiger partial charge >= 0.3 is 6.03 Å². The average molecular weight is 532 g/mol. The summed E-state index contributed by atoms with van der Waals surface area (Å²) in [5.74, 6) is 0.909. The molecule has 1 atom stereocenters. The van der Waals surface area contributed by atoms with Gasteiger partial charge in [-0.2, -0.15) is 5.26 Å². The van der Waals surface area contributed by atoms with Crippen LogP contribution in [0.3, 0.4) is 0 Å². The van der Waals surface area contributed by atoms with Crippen molar-refractivity contribution in [2.24, 2.45) is 0 Å². The number of ether oxygens (including phenoxy) is 1. The van der Waals surface area contributed by atoms with Gasteiger partial charge in [-0.25, -0.2) is 14.8 Å². The first-order chi connectivity index (χ1) is 19.0. The fraction of sp³-hybridized carbons (Fsp3) is 0.500. The van der Waals surface area contributed by atoms with E-state index < -0.39 is 6.03 Å². The van der Waals surface area contributed by atoms with E-state index in [9.17, 15) is 19.6 Å². The number of anilines is 2. The van der Waals surface area contributed by atoms with Crippen LogP contribution in [0.4, 0.5) is 16.4 Å². The average Bonchev–Trinajstić information content (AvgIpc) is 3.44. The third-order valence-corrected chi connectivity index (χ3v) is 7.75. The van der Waals surface area contributed by atoms with Gasteiger partial charge in [0.2, 0.25) is 5.91 Å². The number of aryl methyl sites for hydroxylation is 2. The van der Waals surface area contributed by atoms with Gasteiger partial charge in [-0.05, 0) is 68.3 Å². The van der Waals surface area contributed by atoms with Gasteiger partial charge in [0.1, 0.15) is 23.4 Å². The quantitative estimate of drug-likeness (QED) is 0.406. The molecule has 3 amide bonds. The lowest BCUT2D eigenvalue weighted by Crippen LogP contribution is -2.53. The highest BCUT2D eigenvalue weighted by atomic mass is 16.5. The zero-order valence-electron chi connectivity index (χ0n) is 22.2. The number of hydrogen-bond donors (Lipinski definition) is 1. The molecule has 3 aliphatic heterocycles. The molecule has 5 rings (SSSR count). The third-order valence-electron chi connectivity index (χ3n) is 7.75. The van der Waals surface area contributed by atoms with Crippen LogP contribution in [0, 0.1) is 11.3 Å². The summed E-state index contributed by atoms with van der Waals surface area (Å²) < 4.78 is 5.11. The summed E-state index contributed by atoms with van der Waals surface area (Å²) in [4.78, 5) is 52.8. The predicted octanol–water partition coefficient (Wildman–Crippen LogP) is 2.53. The maximum absolute atomic E-state index is 13.3. The Hall–Kier alpha value is -3.88. The monoisotopic (exact) mass is 531 g/mol. The van der Waals surface area contributed by atoms with E-state index in [1.807, 2.05) is 11.0 Å². The Morgan fingerprint density at radius 2 is 2.10 bits per heavy atom. The number of nitrogens with zero attached hydrogens (tertiary/aromatic N) is 6. The summed E-state index contributed by atoms with van der Waals surface area (Å²) >= 11 is 0. The van der Waals surface area contributed by atoms with Gasteiger partial charge in [-0.1, -0.05) is 0 Å². The number of aromatic nitrogens is 2. The summed E-state index contributed by atoms with van der Waals surface area (Å²) in [5.41, 5.74) is 3.08. The number of nitriles is 1. The lowest BCUT2D eigenvalue weighted by molar-refractivity contribution is -0.140. The highest BCUT2D eigenvalue weighted by Crippen LogP contribution is 2.30. The van der Waals surface area contributed by atoms with E-state index in [-0.39, 0.29) is 17.6 Å². The molecule has 2 aromatic rings. The Balaban J connectivity index is 1.33. The molecule has 39 heavy (non-hydrogen) atoms. The molecule has 0 aromatic carbocycles. The standard InChI is InChI=1S/C28H33N7O4/c1-39-12-4-6-19-14-25(30-16-22(19)15-29)32-28(38)35-9-2-5-20-13-21(23(18-36)31-26(20)35)17-34-11-10-33-8-3-7-24(33)27(34)37/h13-14,16,18,24H,2-12,17H2,1H3,(H,30,32,38). The maximum atomic E-state index is 13.3. The molecule has 1 unspecified atom stereocenters. The zero-order valence-corrected chi connectivity index (χ0v) is 22.2. The van der Waals surface area contributed by atoms with Crippen LogP contribution >= 0.6 is 0 Å². The SMILES string of the molecule is COCCCc1cc(NC(=O)N2CCCc3cc(CN4CCN5CCCC5C4=O)c(C=O)nc32)ncc1C#N. The smallest absolute Gasteiger partial charge is 0.328 e. The molecule has 2 saturated heterocycles. The van der Waals surface area contributed by atoms with Gasteiger partial charge < -0.3 is 9.64 Å². The van der Waals surface area contributed by atoms with Crippen molar-refractivity contribution in [1.29, 1.82) is 5.26 Å². The number of piperazine rings is 1. The van der Waals surface area contributed by atoms with Crippen LogP contribution in [0.15, 0.2) is 18.3 Å². The number of urea groups is 1. The Labute approximate surface area is 227 Å². The molecule has 0 spiro atoms. The van der Waals surface area contributed by atoms with Crippen LogP contribution in [0.2, 0.25) is 0 Å². The molecular formula is C28H33N7O4. The van der Waals surface area contributed by atoms with Crippen molar-refractivity contribution in [2.75, 3.05) is 50.1 Å². The van der Waals surface area contributed by atoms with Crippen LogP contribution in [0.5, 0.6) is 0 Å². The molecular weight excluding hydrogens is 498 g/mol. The van der Waals surface area contributed by atoms with Gasteiger partial charge in [0.15, 0.2) is 6.29 Å². The van der Waals surface area contributed by atoms with Crippen LogP contribution in [-0.4, -0.2) is 83.9 Å². The second-order valence-corrected chi connectivity index (χ2v) is 10.2. The fourth-order valence-electron chi connectivity index (χ4n) is 5.75. The molecule has 5 heterocycles. The topological polar surface area (TPSA) is 132 Å². The molecule has 0 radical (unpaired) electrons. The van der Waals surface area contributed by atoms with Gasteiger partial charge in [0.25, 0.3) is 0 Å². The predicted molar refractivity (Wildman–Crippen MR) is 143 cm³/mol. The Kier molecular flexibility index (Phi) is 8.14. The second-order valence-electron chi connectivity index (χ2n) is 10.2. The van der Waals surface area contributed by atoms with Crippen LogP contribution < -0.4 is 10.2 Å². The fourth-order valence-corrected chi connectivity index (χ4v) is 5.75. The first-order valence-electron chi connectivity index (χ1n) is 13.5. The molecule has 3 aliphatic rings. The van der Waals surface area contributed by atoms with E-state index in [0.29, 0.717) is 61.7 Å². The lowest BCUT2D eigenvalue weighted by atomic mass is 10.0. The van der Waals surface area contributed by atoms with E-state index in [1.165, 1.54) is 11.1 Å². The molecule has 0 aliphatic carbocycles. The number of carbonyl (C=O) groups excluding carboxylic acids is 3. The Morgan fingerprint density at radius 1 is 1.23 bits per heavy atom. The minimum absolute atomic E-state index is 0.0560. The van der Waals surface area contributed by atoms with Crippen molar-refractivity contribution >= 4 is 29.9 Å². The largest absolute Gasteiger partial charge is 0.385 e. The molecule has 0 saturated carbocycles. The number of carbonyl (C=O) groups is 3. The zero-order chi connectivity index (χ0) is 27.4. The molecule has 204 valence electrons. The molecule has 2 fully saturated rings. The summed E-state index contributed by atoms with van der Waals surface area (Å²) in [6.45, 7) is 3.79. The van der Waals surface area contributed by atoms with Crippen molar-refractivity contribution in [2.45, 2.75) is 51.1 Å². The number of rotatable bonds is 8. The molecule has 1 N–H and O–H groups in total. The highest BCUT2D eigenvalue weighted by molar-refractivity contribution is 6.01. The summed E-state index contributed by atoms with van der Waals surface area (Å²) in [6.07, 6.45) is 6.91. The summed E-state index contributed by atoms with van der Waals surface area (Å²) in [5, 5.41) is 12.2. The van der Waals surface area contributed by atoms with E-state index in [2.05, 4.69) is 26.3 Å². The van der Waals surface area contributed by atoms with Gasteiger partial charge in [0, 0.05) is 51.7 Å². The number of aldehydes is 1. The number of hydrogen-bond acceptors (Lipinski definition) is 8. The molecule has 2 aromatic heterocycles. The first kappa shape index (κ1) is 26.7. The van der Waals surface area contributed by atoms with E-state index in [0.717, 1.165) is 56.3 Å². The Morgan fingerprint density at radius 3 is 2.90 bits per heavy atom. The number of nitrogens with one attached hydrogen (secondary N) is 1. The number of methoxy groups -OCH3 is 1. The van der Waals surface area contributed by atoms with Gasteiger partial charge in [-0.15, -0.1) is 0 Å². The van der Waals surface area contributed by atoms with Gasteiger partial charge in [-0.3, -0.25) is 24.7 Å². The normalized spacial score (nSPS) is 18.9. The second kappa shape index (κ2) is 11.9. The van der Waals surface area contributed by atoms with Crippen molar-refractivity contribution in [3.63, 3.8) is 0 Å². The number of pyridine rings is 2. The molecule has 11 nitrogen and oxygen atoms in total. The maximum Gasteiger partial charge on any atom is 0.328 e. The van der Waals surface area contributed by atoms with E-state index in [4.69, 9.17) is 4.74 Å². The summed E-state index contributed by atoms with van der Waals surface area (Å²) in [6, 6.07) is 5.32. The van der Waals surface area contributed by atoms with Crippen LogP contribution in [0.25, 0.3) is 0 Å². The first-order valence-corrected chi connectivity index (χ1v) is 13.5. The van der Waals surface area contributed by atoms with Crippen molar-refractivity contribution in [3.05, 3.63) is 46.3 Å². The van der Waals surface area contributed by atoms with E-state index >= 15 is 0 Å². The Bertz CT molecular complexity index is 1310. The lowest BCUT2D eigenvalue weighted by Gasteiger charge is -2.37. The van der Waals surface area contributed by atoms with Crippen LogP contribution in [-0.2, 0) is 28.9 Å². The third kappa shape index (κ3) is 5.62. The van der Waals surface area contributed by atoms with Crippen molar-refractivity contribution in [3.8, 4) is 6.07 Å². The number of amides is 3. The molecule has 11 heteroatoms. The molecule has 0 bridgehead atoms. The highest BCUT2D eigenvalue weighted by Gasteiger charge is 2.38.